The van der Waals surface area contributed by atoms with Gasteiger partial charge in [-0.25, -0.2) is 8.78 Å². The van der Waals surface area contributed by atoms with Crippen LogP contribution in [0.4, 0.5) is 8.78 Å². The summed E-state index contributed by atoms with van der Waals surface area (Å²) in [6.07, 6.45) is -1.28. The van der Waals surface area contributed by atoms with Gasteiger partial charge in [0.15, 0.2) is 0 Å². The van der Waals surface area contributed by atoms with Crippen LogP contribution in [0.25, 0.3) is 0 Å². The lowest BCUT2D eigenvalue weighted by molar-refractivity contribution is 0.00578. The Morgan fingerprint density at radius 1 is 1.00 bits per heavy atom. The van der Waals surface area contributed by atoms with Crippen molar-refractivity contribution in [2.24, 2.45) is 0 Å². The average Bonchev–Trinajstić information content (AvgIpc) is 2.35. The Balaban J connectivity index is 2.06. The molecule has 1 aliphatic heterocycles. The van der Waals surface area contributed by atoms with E-state index >= 15 is 0 Å². The highest BCUT2D eigenvalue weighted by Gasteiger charge is 2.55. The van der Waals surface area contributed by atoms with Crippen molar-refractivity contribution in [2.45, 2.75) is 76.3 Å². The SMILES string of the molecule is CC1(C)OB(C2CC[C@H](F)C[C@@H]2F)OC1(C)C. The Hall–Kier alpha value is -0.155. The predicted octanol–water partition coefficient (Wildman–Crippen LogP) is 3.31. The van der Waals surface area contributed by atoms with Gasteiger partial charge in [-0.2, -0.15) is 0 Å². The second kappa shape index (κ2) is 4.20. The van der Waals surface area contributed by atoms with E-state index in [0.29, 0.717) is 12.8 Å². The lowest BCUT2D eigenvalue weighted by atomic mass is 9.63. The Labute approximate surface area is 102 Å². The first-order valence-electron chi connectivity index (χ1n) is 6.37. The molecule has 0 aromatic heterocycles. The van der Waals surface area contributed by atoms with E-state index in [2.05, 4.69) is 0 Å². The van der Waals surface area contributed by atoms with E-state index in [9.17, 15) is 8.78 Å². The van der Waals surface area contributed by atoms with Crippen molar-refractivity contribution >= 4 is 7.12 Å². The van der Waals surface area contributed by atoms with Gasteiger partial charge < -0.3 is 9.31 Å². The fraction of sp³-hybridized carbons (Fsp3) is 1.00. The predicted molar refractivity (Wildman–Crippen MR) is 63.5 cm³/mol. The first kappa shape index (κ1) is 13.3. The molecule has 5 heteroatoms. The van der Waals surface area contributed by atoms with Gasteiger partial charge in [0.1, 0.15) is 12.3 Å². The molecule has 0 N–H and O–H groups in total. The smallest absolute Gasteiger partial charge is 0.403 e. The van der Waals surface area contributed by atoms with Crippen LogP contribution in [-0.2, 0) is 9.31 Å². The van der Waals surface area contributed by atoms with Crippen LogP contribution in [-0.4, -0.2) is 30.7 Å². The number of hydrogen-bond donors (Lipinski definition) is 0. The topological polar surface area (TPSA) is 18.5 Å². The van der Waals surface area contributed by atoms with Gasteiger partial charge in [0.2, 0.25) is 0 Å². The quantitative estimate of drug-likeness (QED) is 0.661. The standard InChI is InChI=1S/C12H21BF2O2/c1-11(2)12(3,4)17-13(16-11)9-6-5-8(14)7-10(9)15/h8-10H,5-7H2,1-4H3/t8-,9?,10-/m0/s1. The summed E-state index contributed by atoms with van der Waals surface area (Å²) < 4.78 is 38.6. The normalized spacial score (nSPS) is 40.6. The zero-order valence-electron chi connectivity index (χ0n) is 11.0. The van der Waals surface area contributed by atoms with Gasteiger partial charge in [0.25, 0.3) is 0 Å². The summed E-state index contributed by atoms with van der Waals surface area (Å²) in [5.74, 6) is -0.331. The summed E-state index contributed by atoms with van der Waals surface area (Å²) in [6.45, 7) is 7.78. The molecule has 1 heterocycles. The van der Waals surface area contributed by atoms with E-state index in [0.717, 1.165) is 0 Å². The molecule has 1 saturated carbocycles. The van der Waals surface area contributed by atoms with E-state index in [1.165, 1.54) is 0 Å². The molecule has 0 bridgehead atoms. The minimum atomic E-state index is -1.16. The first-order valence-corrected chi connectivity index (χ1v) is 6.37. The van der Waals surface area contributed by atoms with Crippen LogP contribution in [0.5, 0.6) is 0 Å². The maximum Gasteiger partial charge on any atom is 0.464 e. The van der Waals surface area contributed by atoms with Crippen LogP contribution in [0, 0.1) is 0 Å². The van der Waals surface area contributed by atoms with E-state index in [1.54, 1.807) is 0 Å². The van der Waals surface area contributed by atoms with Crippen molar-refractivity contribution in [1.82, 2.24) is 0 Å². The van der Waals surface area contributed by atoms with Crippen LogP contribution < -0.4 is 0 Å². The van der Waals surface area contributed by atoms with Crippen LogP contribution in [0.1, 0.15) is 47.0 Å². The molecule has 0 amide bonds. The molecule has 1 unspecified atom stereocenters. The lowest BCUT2D eigenvalue weighted by Crippen LogP contribution is -2.41. The van der Waals surface area contributed by atoms with Crippen LogP contribution >= 0.6 is 0 Å². The molecule has 2 aliphatic rings. The van der Waals surface area contributed by atoms with E-state index in [4.69, 9.17) is 9.31 Å². The highest BCUT2D eigenvalue weighted by molar-refractivity contribution is 6.47. The summed E-state index contributed by atoms with van der Waals surface area (Å²) >= 11 is 0. The van der Waals surface area contributed by atoms with E-state index < -0.39 is 30.7 Å². The average molecular weight is 246 g/mol. The molecule has 1 saturated heterocycles. The van der Waals surface area contributed by atoms with Crippen molar-refractivity contribution in [2.75, 3.05) is 0 Å². The molecule has 98 valence electrons. The summed E-state index contributed by atoms with van der Waals surface area (Å²) in [5, 5.41) is 0. The van der Waals surface area contributed by atoms with Crippen molar-refractivity contribution < 1.29 is 18.1 Å². The Morgan fingerprint density at radius 3 is 2.00 bits per heavy atom. The van der Waals surface area contributed by atoms with Crippen molar-refractivity contribution in [3.05, 3.63) is 0 Å². The molecule has 2 rings (SSSR count). The second-order valence-corrected chi connectivity index (χ2v) is 6.21. The van der Waals surface area contributed by atoms with Crippen LogP contribution in [0.3, 0.4) is 0 Å². The molecular formula is C12H21BF2O2. The van der Waals surface area contributed by atoms with E-state index in [1.807, 2.05) is 27.7 Å². The molecular weight excluding hydrogens is 225 g/mol. The largest absolute Gasteiger partial charge is 0.464 e. The fourth-order valence-corrected chi connectivity index (χ4v) is 2.46. The first-order chi connectivity index (χ1) is 7.73. The highest BCUT2D eigenvalue weighted by atomic mass is 19.1. The number of hydrogen-bond acceptors (Lipinski definition) is 2. The van der Waals surface area contributed by atoms with Gasteiger partial charge in [0, 0.05) is 12.2 Å². The number of alkyl halides is 2. The second-order valence-electron chi connectivity index (χ2n) is 6.21. The highest BCUT2D eigenvalue weighted by Crippen LogP contribution is 2.45. The summed E-state index contributed by atoms with van der Waals surface area (Å²) in [4.78, 5) is 0. The van der Waals surface area contributed by atoms with Gasteiger partial charge in [-0.1, -0.05) is 0 Å². The zero-order chi connectivity index (χ0) is 12.8. The minimum absolute atomic E-state index is 0.0191. The third kappa shape index (κ3) is 2.36. The van der Waals surface area contributed by atoms with Gasteiger partial charge in [-0.3, -0.25) is 0 Å². The van der Waals surface area contributed by atoms with E-state index in [-0.39, 0.29) is 12.2 Å². The fourth-order valence-electron chi connectivity index (χ4n) is 2.46. The maximum absolute atomic E-state index is 13.9. The molecule has 17 heavy (non-hydrogen) atoms. The minimum Gasteiger partial charge on any atom is -0.403 e. The van der Waals surface area contributed by atoms with Crippen molar-refractivity contribution in [3.63, 3.8) is 0 Å². The molecule has 3 atom stereocenters. The summed E-state index contributed by atoms with van der Waals surface area (Å²) in [5.41, 5.74) is -0.881. The third-order valence-electron chi connectivity index (χ3n) is 4.38. The number of rotatable bonds is 1. The summed E-state index contributed by atoms with van der Waals surface area (Å²) in [7, 11) is -0.539. The Bertz CT molecular complexity index is 280. The van der Waals surface area contributed by atoms with Gasteiger partial charge in [-0.05, 0) is 40.5 Å². The molecule has 2 nitrogen and oxygen atoms in total. The molecule has 1 aliphatic carbocycles. The van der Waals surface area contributed by atoms with Crippen molar-refractivity contribution in [1.29, 1.82) is 0 Å². The lowest BCUT2D eigenvalue weighted by Gasteiger charge is -2.32. The van der Waals surface area contributed by atoms with Crippen LogP contribution in [0.2, 0.25) is 5.82 Å². The van der Waals surface area contributed by atoms with Gasteiger partial charge in [0.05, 0.1) is 11.2 Å². The Kier molecular flexibility index (Phi) is 3.28. The molecule has 0 aromatic rings. The maximum atomic E-state index is 13.9. The zero-order valence-corrected chi connectivity index (χ0v) is 11.0. The monoisotopic (exact) mass is 246 g/mol. The van der Waals surface area contributed by atoms with Crippen molar-refractivity contribution in [3.8, 4) is 0 Å². The molecule has 2 fully saturated rings. The Morgan fingerprint density at radius 2 is 1.53 bits per heavy atom. The summed E-state index contributed by atoms with van der Waals surface area (Å²) in [6, 6.07) is 0. The van der Waals surface area contributed by atoms with Gasteiger partial charge in [-0.15, -0.1) is 0 Å². The molecule has 0 aromatic carbocycles. The van der Waals surface area contributed by atoms with Gasteiger partial charge >= 0.3 is 7.12 Å². The van der Waals surface area contributed by atoms with Crippen LogP contribution in [0.15, 0.2) is 0 Å². The third-order valence-corrected chi connectivity index (χ3v) is 4.38. The molecule has 0 radical (unpaired) electrons. The number of halogens is 2. The molecule has 0 spiro atoms.